The standard InChI is InChI=1S/C9H8FN3OS2/c1-14-7-4-5(10)2-3-6(7)11-8-12-13-9(15)16-8/h2-4H,1H3,(H,11,12)(H,13,15). The van der Waals surface area contributed by atoms with Gasteiger partial charge in [0.25, 0.3) is 0 Å². The summed E-state index contributed by atoms with van der Waals surface area (Å²) >= 11 is 6.19. The van der Waals surface area contributed by atoms with E-state index < -0.39 is 0 Å². The maximum atomic E-state index is 12.9. The minimum absolute atomic E-state index is 0.350. The van der Waals surface area contributed by atoms with E-state index in [9.17, 15) is 4.39 Å². The third-order valence-corrected chi connectivity index (χ3v) is 2.85. The highest BCUT2D eigenvalue weighted by atomic mass is 32.1. The topological polar surface area (TPSA) is 49.9 Å². The SMILES string of the molecule is COc1cc(F)ccc1Nc1n[nH]c(=S)s1. The molecule has 1 heterocycles. The number of ether oxygens (including phenoxy) is 1. The molecular weight excluding hydrogens is 249 g/mol. The Morgan fingerprint density at radius 1 is 1.56 bits per heavy atom. The van der Waals surface area contributed by atoms with E-state index in [4.69, 9.17) is 17.0 Å². The van der Waals surface area contributed by atoms with Crippen LogP contribution >= 0.6 is 23.6 Å². The molecule has 2 aromatic rings. The highest BCUT2D eigenvalue weighted by molar-refractivity contribution is 7.73. The smallest absolute Gasteiger partial charge is 0.208 e. The summed E-state index contributed by atoms with van der Waals surface area (Å²) < 4.78 is 18.5. The molecule has 0 aliphatic rings. The maximum Gasteiger partial charge on any atom is 0.208 e. The lowest BCUT2D eigenvalue weighted by Gasteiger charge is -2.08. The van der Waals surface area contributed by atoms with Crippen LogP contribution in [-0.2, 0) is 0 Å². The molecule has 0 aliphatic heterocycles. The molecule has 4 nitrogen and oxygen atoms in total. The molecule has 2 N–H and O–H groups in total. The number of nitrogens with one attached hydrogen (secondary N) is 2. The van der Waals surface area contributed by atoms with Gasteiger partial charge in [0.05, 0.1) is 12.8 Å². The second kappa shape index (κ2) is 4.58. The Morgan fingerprint density at radius 3 is 3.00 bits per heavy atom. The summed E-state index contributed by atoms with van der Waals surface area (Å²) in [5.74, 6) is 0.0678. The average Bonchev–Trinajstić information content (AvgIpc) is 2.67. The second-order valence-corrected chi connectivity index (χ2v) is 4.55. The Labute approximate surface area is 100 Å². The maximum absolute atomic E-state index is 12.9. The van der Waals surface area contributed by atoms with Gasteiger partial charge in [-0.3, -0.25) is 5.10 Å². The predicted octanol–water partition coefficient (Wildman–Crippen LogP) is 3.09. The van der Waals surface area contributed by atoms with Gasteiger partial charge < -0.3 is 10.1 Å². The van der Waals surface area contributed by atoms with Crippen molar-refractivity contribution in [2.75, 3.05) is 12.4 Å². The van der Waals surface area contributed by atoms with E-state index >= 15 is 0 Å². The fraction of sp³-hybridized carbons (Fsp3) is 0.111. The number of methoxy groups -OCH3 is 1. The minimum Gasteiger partial charge on any atom is -0.494 e. The fourth-order valence-electron chi connectivity index (χ4n) is 1.17. The lowest BCUT2D eigenvalue weighted by atomic mass is 10.3. The zero-order valence-electron chi connectivity index (χ0n) is 8.28. The Hall–Kier alpha value is -1.47. The number of H-pyrrole nitrogens is 1. The molecule has 0 fully saturated rings. The summed E-state index contributed by atoms with van der Waals surface area (Å²) in [6.45, 7) is 0. The molecule has 16 heavy (non-hydrogen) atoms. The molecule has 1 aromatic heterocycles. The van der Waals surface area contributed by atoms with Gasteiger partial charge in [-0.05, 0) is 24.4 Å². The molecule has 0 saturated heterocycles. The number of aromatic amines is 1. The van der Waals surface area contributed by atoms with Crippen molar-refractivity contribution >= 4 is 34.4 Å². The van der Waals surface area contributed by atoms with Crippen LogP contribution in [0.1, 0.15) is 0 Å². The van der Waals surface area contributed by atoms with Crippen LogP contribution in [0.25, 0.3) is 0 Å². The van der Waals surface area contributed by atoms with E-state index in [0.717, 1.165) is 0 Å². The van der Waals surface area contributed by atoms with E-state index in [1.807, 2.05) is 0 Å². The van der Waals surface area contributed by atoms with E-state index in [1.165, 1.54) is 30.6 Å². The lowest BCUT2D eigenvalue weighted by molar-refractivity contribution is 0.413. The zero-order chi connectivity index (χ0) is 11.5. The van der Waals surface area contributed by atoms with Gasteiger partial charge in [0.1, 0.15) is 11.6 Å². The number of nitrogens with zero attached hydrogens (tertiary/aromatic N) is 1. The lowest BCUT2D eigenvalue weighted by Crippen LogP contribution is -1.94. The van der Waals surface area contributed by atoms with Crippen molar-refractivity contribution < 1.29 is 9.13 Å². The number of hydrogen-bond acceptors (Lipinski definition) is 5. The first-order valence-electron chi connectivity index (χ1n) is 4.35. The number of aromatic nitrogens is 2. The molecule has 0 radical (unpaired) electrons. The molecule has 7 heteroatoms. The van der Waals surface area contributed by atoms with Gasteiger partial charge in [-0.2, -0.15) is 0 Å². The molecule has 84 valence electrons. The van der Waals surface area contributed by atoms with Crippen LogP contribution in [0.3, 0.4) is 0 Å². The van der Waals surface area contributed by atoms with Crippen molar-refractivity contribution in [3.63, 3.8) is 0 Å². The zero-order valence-corrected chi connectivity index (χ0v) is 9.91. The van der Waals surface area contributed by atoms with Crippen LogP contribution < -0.4 is 10.1 Å². The van der Waals surface area contributed by atoms with Crippen molar-refractivity contribution in [2.24, 2.45) is 0 Å². The molecular formula is C9H8FN3OS2. The van der Waals surface area contributed by atoms with Gasteiger partial charge >= 0.3 is 0 Å². The highest BCUT2D eigenvalue weighted by Gasteiger charge is 2.06. The Balaban J connectivity index is 2.30. The van der Waals surface area contributed by atoms with Crippen LogP contribution in [0.5, 0.6) is 5.75 Å². The van der Waals surface area contributed by atoms with Crippen molar-refractivity contribution in [3.05, 3.63) is 28.0 Å². The first kappa shape index (κ1) is 11.0. The van der Waals surface area contributed by atoms with Crippen molar-refractivity contribution in [2.45, 2.75) is 0 Å². The molecule has 0 atom stereocenters. The van der Waals surface area contributed by atoms with Crippen LogP contribution in [0.15, 0.2) is 18.2 Å². The quantitative estimate of drug-likeness (QED) is 0.830. The van der Waals surface area contributed by atoms with Gasteiger partial charge in [-0.25, -0.2) is 4.39 Å². The van der Waals surface area contributed by atoms with Gasteiger partial charge in [-0.15, -0.1) is 5.10 Å². The monoisotopic (exact) mass is 257 g/mol. The van der Waals surface area contributed by atoms with Crippen LogP contribution in [0.2, 0.25) is 0 Å². The molecule has 2 rings (SSSR count). The normalized spacial score (nSPS) is 10.1. The molecule has 0 spiro atoms. The van der Waals surface area contributed by atoms with E-state index in [0.29, 0.717) is 20.5 Å². The third-order valence-electron chi connectivity index (χ3n) is 1.84. The minimum atomic E-state index is -0.350. The average molecular weight is 257 g/mol. The van der Waals surface area contributed by atoms with Gasteiger partial charge in [0, 0.05) is 6.07 Å². The van der Waals surface area contributed by atoms with Crippen molar-refractivity contribution in [1.29, 1.82) is 0 Å². The van der Waals surface area contributed by atoms with Crippen LogP contribution in [-0.4, -0.2) is 17.3 Å². The number of anilines is 2. The van der Waals surface area contributed by atoms with Gasteiger partial charge in [0.2, 0.25) is 5.13 Å². The van der Waals surface area contributed by atoms with Crippen molar-refractivity contribution in [3.8, 4) is 5.75 Å². The predicted molar refractivity (Wildman–Crippen MR) is 63.5 cm³/mol. The number of benzene rings is 1. The largest absolute Gasteiger partial charge is 0.494 e. The highest BCUT2D eigenvalue weighted by Crippen LogP contribution is 2.28. The molecule has 0 bridgehead atoms. The Bertz CT molecular complexity index is 552. The first-order valence-corrected chi connectivity index (χ1v) is 5.57. The van der Waals surface area contributed by atoms with Gasteiger partial charge in [0.15, 0.2) is 3.95 Å². The molecule has 0 aliphatic carbocycles. The first-order chi connectivity index (χ1) is 7.69. The summed E-state index contributed by atoms with van der Waals surface area (Å²) in [6, 6.07) is 4.23. The Morgan fingerprint density at radius 2 is 2.38 bits per heavy atom. The third kappa shape index (κ3) is 2.37. The number of hydrogen-bond donors (Lipinski definition) is 2. The molecule has 0 saturated carbocycles. The molecule has 0 amide bonds. The van der Waals surface area contributed by atoms with E-state index in [2.05, 4.69) is 15.5 Å². The summed E-state index contributed by atoms with van der Waals surface area (Å²) in [5.41, 5.74) is 0.640. The number of halogens is 1. The molecule has 0 unspecified atom stereocenters. The summed E-state index contributed by atoms with van der Waals surface area (Å²) in [4.78, 5) is 0. The van der Waals surface area contributed by atoms with Crippen LogP contribution in [0, 0.1) is 9.77 Å². The fourth-order valence-corrected chi connectivity index (χ4v) is 1.97. The summed E-state index contributed by atoms with van der Waals surface area (Å²) in [5, 5.41) is 10.2. The second-order valence-electron chi connectivity index (χ2n) is 2.89. The van der Waals surface area contributed by atoms with E-state index in [1.54, 1.807) is 6.07 Å². The summed E-state index contributed by atoms with van der Waals surface area (Å²) in [7, 11) is 1.48. The van der Waals surface area contributed by atoms with Crippen LogP contribution in [0.4, 0.5) is 15.2 Å². The molecule has 1 aromatic carbocycles. The van der Waals surface area contributed by atoms with E-state index in [-0.39, 0.29) is 5.82 Å². The Kier molecular flexibility index (Phi) is 3.16. The van der Waals surface area contributed by atoms with Crippen molar-refractivity contribution in [1.82, 2.24) is 10.2 Å². The van der Waals surface area contributed by atoms with Gasteiger partial charge in [-0.1, -0.05) is 11.3 Å². The summed E-state index contributed by atoms with van der Waals surface area (Å²) in [6.07, 6.45) is 0. The number of rotatable bonds is 3.